The molecule has 1 fully saturated rings. The molecule has 1 saturated heterocycles. The number of carbonyl (C=O) groups is 1. The predicted octanol–water partition coefficient (Wildman–Crippen LogP) is 0.706. The van der Waals surface area contributed by atoms with E-state index in [1.807, 2.05) is 20.8 Å². The summed E-state index contributed by atoms with van der Waals surface area (Å²) in [4.78, 5) is 13.1. The van der Waals surface area contributed by atoms with Crippen molar-refractivity contribution in [2.75, 3.05) is 13.2 Å². The average molecular weight is 291 g/mol. The fourth-order valence-corrected chi connectivity index (χ4v) is 1.98. The summed E-state index contributed by atoms with van der Waals surface area (Å²) in [6.45, 7) is 6.85. The molecule has 0 aromatic heterocycles. The van der Waals surface area contributed by atoms with Crippen LogP contribution in [0.4, 0.5) is 4.79 Å². The predicted molar refractivity (Wildman–Crippen MR) is 48.4 cm³/mol. The molecule has 1 atom stereocenters. The van der Waals surface area contributed by atoms with Crippen LogP contribution in [-0.4, -0.2) is 56.5 Å². The molecule has 1 heterocycles. The van der Waals surface area contributed by atoms with Gasteiger partial charge in [-0.3, -0.25) is 0 Å². The molecule has 5 heteroatoms. The molecule has 1 amide bonds. The zero-order chi connectivity index (χ0) is 10.1. The first-order valence-electron chi connectivity index (χ1n) is 4.22. The van der Waals surface area contributed by atoms with Crippen molar-refractivity contribution in [1.29, 1.82) is 0 Å². The number of nitrogens with zero attached hydrogens (tertiary/aromatic N) is 1. The van der Waals surface area contributed by atoms with E-state index in [4.69, 9.17) is 9.47 Å². The quantitative estimate of drug-likeness (QED) is 0.617. The van der Waals surface area contributed by atoms with E-state index in [2.05, 4.69) is 0 Å². The topological polar surface area (TPSA) is 38.8 Å². The molecule has 0 N–H and O–H groups in total. The SMILES string of the molecule is CC(C)(C)OC(=O)N1CCO[CH]1[Sn]. The van der Waals surface area contributed by atoms with Gasteiger partial charge in [0.15, 0.2) is 0 Å². The first-order valence-corrected chi connectivity index (χ1v) is 5.87. The molecular formula is C8H14NO3Sn. The number of amides is 1. The molecule has 3 radical (unpaired) electrons. The molecule has 0 spiro atoms. The Morgan fingerprint density at radius 2 is 2.23 bits per heavy atom. The minimum atomic E-state index is -0.421. The van der Waals surface area contributed by atoms with Gasteiger partial charge in [0.2, 0.25) is 0 Å². The van der Waals surface area contributed by atoms with E-state index in [1.165, 1.54) is 22.5 Å². The Kier molecular flexibility index (Phi) is 3.45. The van der Waals surface area contributed by atoms with Crippen LogP contribution in [0.25, 0.3) is 0 Å². The second-order valence-electron chi connectivity index (χ2n) is 3.90. The van der Waals surface area contributed by atoms with Crippen LogP contribution in [0.15, 0.2) is 0 Å². The first kappa shape index (κ1) is 11.1. The second-order valence-corrected chi connectivity index (χ2v) is 5.31. The molecule has 1 rings (SSSR count). The first-order chi connectivity index (χ1) is 5.90. The normalized spacial score (nSPS) is 23.4. The fraction of sp³-hybridized carbons (Fsp3) is 0.875. The van der Waals surface area contributed by atoms with Crippen molar-refractivity contribution >= 4 is 28.6 Å². The summed E-state index contributed by atoms with van der Waals surface area (Å²) >= 11 is 1.19. The Morgan fingerprint density at radius 1 is 1.62 bits per heavy atom. The van der Waals surface area contributed by atoms with Crippen LogP contribution >= 0.6 is 0 Å². The average Bonchev–Trinajstić information content (AvgIpc) is 2.30. The van der Waals surface area contributed by atoms with Crippen LogP contribution in [0.5, 0.6) is 0 Å². The van der Waals surface area contributed by atoms with Crippen molar-refractivity contribution in [1.82, 2.24) is 4.90 Å². The standard InChI is InChI=1S/C8H14NO3.Sn/c1-8(2,3)12-7(10)9-4-5-11-6-9;/h6H,4-5H2,1-3H3;. The van der Waals surface area contributed by atoms with E-state index in [0.717, 1.165) is 0 Å². The van der Waals surface area contributed by atoms with Crippen molar-refractivity contribution < 1.29 is 14.3 Å². The van der Waals surface area contributed by atoms with Crippen molar-refractivity contribution in [2.45, 2.75) is 30.6 Å². The number of hydrogen-bond acceptors (Lipinski definition) is 3. The summed E-state index contributed by atoms with van der Waals surface area (Å²) in [6.07, 6.45) is -0.271. The summed E-state index contributed by atoms with van der Waals surface area (Å²) in [5, 5.41) is 0. The maximum absolute atomic E-state index is 11.5. The van der Waals surface area contributed by atoms with Crippen molar-refractivity contribution in [3.8, 4) is 0 Å². The van der Waals surface area contributed by atoms with Crippen molar-refractivity contribution in [3.63, 3.8) is 0 Å². The van der Waals surface area contributed by atoms with Crippen LogP contribution in [0.1, 0.15) is 20.8 Å². The van der Waals surface area contributed by atoms with Crippen molar-refractivity contribution in [2.24, 2.45) is 0 Å². The molecule has 73 valence electrons. The number of rotatable bonds is 0. The van der Waals surface area contributed by atoms with Gasteiger partial charge in [-0.15, -0.1) is 0 Å². The van der Waals surface area contributed by atoms with E-state index in [9.17, 15) is 4.79 Å². The molecule has 0 bridgehead atoms. The molecule has 4 nitrogen and oxygen atoms in total. The Bertz CT molecular complexity index is 202. The van der Waals surface area contributed by atoms with E-state index >= 15 is 0 Å². The van der Waals surface area contributed by atoms with Gasteiger partial charge in [0.05, 0.1) is 0 Å². The number of carbonyl (C=O) groups excluding carboxylic acids is 1. The summed E-state index contributed by atoms with van der Waals surface area (Å²) in [6, 6.07) is 0. The van der Waals surface area contributed by atoms with Crippen molar-refractivity contribution in [3.05, 3.63) is 0 Å². The van der Waals surface area contributed by atoms with E-state index in [0.29, 0.717) is 13.2 Å². The fourth-order valence-electron chi connectivity index (χ4n) is 0.977. The molecule has 0 aromatic rings. The van der Waals surface area contributed by atoms with Crippen LogP contribution in [0, 0.1) is 0 Å². The molecule has 1 unspecified atom stereocenters. The van der Waals surface area contributed by atoms with E-state index in [-0.39, 0.29) is 10.3 Å². The zero-order valence-corrected chi connectivity index (χ0v) is 11.0. The third kappa shape index (κ3) is 3.34. The third-order valence-electron chi connectivity index (χ3n) is 1.52. The minimum absolute atomic E-state index is 0.0675. The molecule has 1 aliphatic rings. The van der Waals surface area contributed by atoms with Gasteiger partial charge in [0.1, 0.15) is 0 Å². The number of ether oxygens (including phenoxy) is 2. The van der Waals surface area contributed by atoms with Gasteiger partial charge in [0.25, 0.3) is 0 Å². The Balaban J connectivity index is 2.48. The molecule has 0 aromatic carbocycles. The van der Waals surface area contributed by atoms with Crippen LogP contribution in [0.2, 0.25) is 0 Å². The van der Waals surface area contributed by atoms with Gasteiger partial charge >= 0.3 is 91.6 Å². The summed E-state index contributed by atoms with van der Waals surface area (Å²) in [7, 11) is 0. The molecule has 1 aliphatic heterocycles. The second kappa shape index (κ2) is 4.04. The Hall–Kier alpha value is 0.0287. The van der Waals surface area contributed by atoms with Gasteiger partial charge in [-0.1, -0.05) is 0 Å². The number of hydrogen-bond donors (Lipinski definition) is 0. The van der Waals surface area contributed by atoms with Gasteiger partial charge in [0, 0.05) is 0 Å². The summed E-state index contributed by atoms with van der Waals surface area (Å²) < 4.78 is 10.4. The van der Waals surface area contributed by atoms with Crippen LogP contribution in [0.3, 0.4) is 0 Å². The molecule has 0 aliphatic carbocycles. The van der Waals surface area contributed by atoms with E-state index in [1.54, 1.807) is 4.90 Å². The molecular weight excluding hydrogens is 277 g/mol. The third-order valence-corrected chi connectivity index (χ3v) is 2.88. The maximum atomic E-state index is 11.5. The monoisotopic (exact) mass is 292 g/mol. The molecule has 0 saturated carbocycles. The zero-order valence-electron chi connectivity index (χ0n) is 8.16. The van der Waals surface area contributed by atoms with Crippen LogP contribution < -0.4 is 0 Å². The van der Waals surface area contributed by atoms with Gasteiger partial charge < -0.3 is 0 Å². The van der Waals surface area contributed by atoms with Gasteiger partial charge in [-0.25, -0.2) is 0 Å². The Morgan fingerprint density at radius 3 is 2.62 bits per heavy atom. The Labute approximate surface area is 91.6 Å². The van der Waals surface area contributed by atoms with E-state index < -0.39 is 5.60 Å². The summed E-state index contributed by atoms with van der Waals surface area (Å²) in [5.41, 5.74) is -0.421. The van der Waals surface area contributed by atoms with Crippen LogP contribution in [-0.2, 0) is 9.47 Å². The van der Waals surface area contributed by atoms with Gasteiger partial charge in [-0.2, -0.15) is 0 Å². The van der Waals surface area contributed by atoms with Gasteiger partial charge in [-0.05, 0) is 0 Å². The summed E-state index contributed by atoms with van der Waals surface area (Å²) in [5.74, 6) is 0. The molecule has 13 heavy (non-hydrogen) atoms.